The Morgan fingerprint density at radius 2 is 2.21 bits per heavy atom. The van der Waals surface area contributed by atoms with Crippen LogP contribution in [0.5, 0.6) is 0 Å². The van der Waals surface area contributed by atoms with E-state index in [1.54, 1.807) is 10.5 Å². The van der Waals surface area contributed by atoms with Gasteiger partial charge in [-0.05, 0) is 12.1 Å². The first-order valence-corrected chi connectivity index (χ1v) is 4.68. The van der Waals surface area contributed by atoms with Gasteiger partial charge in [0.2, 0.25) is 0 Å². The zero-order valence-electron chi connectivity index (χ0n) is 7.57. The normalized spacial score (nSPS) is 17.2. The van der Waals surface area contributed by atoms with E-state index in [9.17, 15) is 4.39 Å². The Kier molecular flexibility index (Phi) is 1.58. The zero-order chi connectivity index (χ0) is 9.54. The average Bonchev–Trinajstić information content (AvgIpc) is 2.43. The van der Waals surface area contributed by atoms with Crippen LogP contribution < -0.4 is 5.32 Å². The van der Waals surface area contributed by atoms with E-state index in [1.807, 2.05) is 6.20 Å². The summed E-state index contributed by atoms with van der Waals surface area (Å²) in [7, 11) is 0. The molecule has 72 valence electrons. The summed E-state index contributed by atoms with van der Waals surface area (Å²) in [4.78, 5) is 4.43. The fourth-order valence-corrected chi connectivity index (χ4v) is 1.68. The second-order valence-electron chi connectivity index (χ2n) is 3.63. The lowest BCUT2D eigenvalue weighted by molar-refractivity contribution is 0.441. The number of imidazole rings is 1. The summed E-state index contributed by atoms with van der Waals surface area (Å²) < 4.78 is 14.6. The quantitative estimate of drug-likeness (QED) is 0.733. The number of aromatic nitrogens is 2. The Bertz CT molecular complexity index is 473. The fourth-order valence-electron chi connectivity index (χ4n) is 1.68. The molecule has 1 aliphatic rings. The molecule has 3 nitrogen and oxygen atoms in total. The molecule has 1 N–H and O–H groups in total. The van der Waals surface area contributed by atoms with Gasteiger partial charge in [-0.2, -0.15) is 0 Å². The van der Waals surface area contributed by atoms with Crippen LogP contribution in [0.1, 0.15) is 11.6 Å². The number of pyridine rings is 1. The summed E-state index contributed by atoms with van der Waals surface area (Å²) in [5.41, 5.74) is 1.86. The second kappa shape index (κ2) is 2.78. The summed E-state index contributed by atoms with van der Waals surface area (Å²) in [6, 6.07) is 3.13. The van der Waals surface area contributed by atoms with E-state index in [4.69, 9.17) is 0 Å². The molecule has 0 amide bonds. The van der Waals surface area contributed by atoms with Crippen molar-refractivity contribution in [2.75, 3.05) is 13.1 Å². The number of hydrogen-bond donors (Lipinski definition) is 1. The van der Waals surface area contributed by atoms with Crippen LogP contribution in [0.25, 0.3) is 5.65 Å². The van der Waals surface area contributed by atoms with Crippen LogP contribution in [0.4, 0.5) is 4.39 Å². The van der Waals surface area contributed by atoms with Gasteiger partial charge in [-0.3, -0.25) is 0 Å². The number of hydrogen-bond acceptors (Lipinski definition) is 2. The van der Waals surface area contributed by atoms with Crippen LogP contribution >= 0.6 is 0 Å². The van der Waals surface area contributed by atoms with E-state index in [2.05, 4.69) is 10.3 Å². The Morgan fingerprint density at radius 1 is 1.36 bits per heavy atom. The lowest BCUT2D eigenvalue weighted by Gasteiger charge is -2.24. The lowest BCUT2D eigenvalue weighted by atomic mass is 10.0. The van der Waals surface area contributed by atoms with Gasteiger partial charge in [0.25, 0.3) is 0 Å². The molecule has 0 aliphatic carbocycles. The Labute approximate surface area is 80.6 Å². The summed E-state index contributed by atoms with van der Waals surface area (Å²) in [6.45, 7) is 1.96. The van der Waals surface area contributed by atoms with Crippen LogP contribution in [0.15, 0.2) is 24.5 Å². The van der Waals surface area contributed by atoms with E-state index in [1.165, 1.54) is 12.3 Å². The van der Waals surface area contributed by atoms with Crippen molar-refractivity contribution in [1.82, 2.24) is 14.7 Å². The molecule has 3 heterocycles. The molecule has 4 heteroatoms. The van der Waals surface area contributed by atoms with Crippen molar-refractivity contribution < 1.29 is 4.39 Å². The summed E-state index contributed by atoms with van der Waals surface area (Å²) in [6.07, 6.45) is 3.36. The van der Waals surface area contributed by atoms with Gasteiger partial charge in [0, 0.05) is 31.4 Å². The van der Waals surface area contributed by atoms with Crippen molar-refractivity contribution in [1.29, 1.82) is 0 Å². The van der Waals surface area contributed by atoms with Gasteiger partial charge in [-0.1, -0.05) is 0 Å². The predicted molar refractivity (Wildman–Crippen MR) is 50.8 cm³/mol. The number of fused-ring (bicyclic) bond motifs is 1. The summed E-state index contributed by atoms with van der Waals surface area (Å²) in [5, 5.41) is 3.19. The van der Waals surface area contributed by atoms with E-state index in [0.29, 0.717) is 5.92 Å². The number of halogens is 1. The lowest BCUT2D eigenvalue weighted by Crippen LogP contribution is -2.40. The average molecular weight is 191 g/mol. The molecule has 1 fully saturated rings. The van der Waals surface area contributed by atoms with Crippen LogP contribution in [-0.2, 0) is 0 Å². The van der Waals surface area contributed by atoms with Gasteiger partial charge in [-0.25, -0.2) is 9.37 Å². The maximum Gasteiger partial charge on any atom is 0.139 e. The van der Waals surface area contributed by atoms with Crippen LogP contribution in [0.3, 0.4) is 0 Å². The molecule has 0 saturated carbocycles. The molecule has 0 spiro atoms. The third-order valence-corrected chi connectivity index (χ3v) is 2.63. The van der Waals surface area contributed by atoms with Gasteiger partial charge >= 0.3 is 0 Å². The smallest absolute Gasteiger partial charge is 0.139 e. The first kappa shape index (κ1) is 7.94. The molecular weight excluding hydrogens is 181 g/mol. The second-order valence-corrected chi connectivity index (χ2v) is 3.63. The summed E-state index contributed by atoms with van der Waals surface area (Å²) in [5.74, 6) is 0.270. The molecule has 1 saturated heterocycles. The maximum atomic E-state index is 12.9. The van der Waals surface area contributed by atoms with Crippen molar-refractivity contribution in [3.63, 3.8) is 0 Å². The first-order chi connectivity index (χ1) is 6.83. The van der Waals surface area contributed by atoms with Gasteiger partial charge < -0.3 is 9.72 Å². The molecule has 0 atom stereocenters. The van der Waals surface area contributed by atoms with Gasteiger partial charge in [0.05, 0.1) is 5.69 Å². The van der Waals surface area contributed by atoms with Crippen molar-refractivity contribution >= 4 is 5.65 Å². The van der Waals surface area contributed by atoms with Gasteiger partial charge in [0.15, 0.2) is 0 Å². The van der Waals surface area contributed by atoms with Crippen LogP contribution in [0.2, 0.25) is 0 Å². The topological polar surface area (TPSA) is 29.3 Å². The largest absolute Gasteiger partial charge is 0.315 e. The van der Waals surface area contributed by atoms with Crippen molar-refractivity contribution in [2.24, 2.45) is 0 Å². The molecule has 2 aromatic rings. The van der Waals surface area contributed by atoms with E-state index in [-0.39, 0.29) is 5.82 Å². The third kappa shape index (κ3) is 1.11. The van der Waals surface area contributed by atoms with Crippen LogP contribution in [-0.4, -0.2) is 22.5 Å². The summed E-state index contributed by atoms with van der Waals surface area (Å²) >= 11 is 0. The number of rotatable bonds is 1. The minimum Gasteiger partial charge on any atom is -0.315 e. The molecular formula is C10H10FN3. The number of nitrogens with zero attached hydrogens (tertiary/aromatic N) is 2. The standard InChI is InChI=1S/C10H10FN3/c11-8-1-2-10-13-9(6-14(10)5-8)7-3-12-4-7/h1-2,5-7,12H,3-4H2. The molecule has 0 radical (unpaired) electrons. The Balaban J connectivity index is 2.10. The first-order valence-electron chi connectivity index (χ1n) is 4.68. The monoisotopic (exact) mass is 191 g/mol. The maximum absolute atomic E-state index is 12.9. The molecule has 0 unspecified atom stereocenters. The Hall–Kier alpha value is -1.42. The van der Waals surface area contributed by atoms with E-state index >= 15 is 0 Å². The molecule has 0 bridgehead atoms. The Morgan fingerprint density at radius 3 is 2.93 bits per heavy atom. The minimum absolute atomic E-state index is 0.229. The van der Waals surface area contributed by atoms with E-state index < -0.39 is 0 Å². The molecule has 3 rings (SSSR count). The highest BCUT2D eigenvalue weighted by Crippen LogP contribution is 2.19. The van der Waals surface area contributed by atoms with Gasteiger partial charge in [-0.15, -0.1) is 0 Å². The SMILES string of the molecule is Fc1ccc2nc(C3CNC3)cn2c1. The molecule has 2 aromatic heterocycles. The highest BCUT2D eigenvalue weighted by molar-refractivity contribution is 5.40. The molecule has 1 aliphatic heterocycles. The highest BCUT2D eigenvalue weighted by Gasteiger charge is 2.21. The van der Waals surface area contributed by atoms with Crippen LogP contribution in [0, 0.1) is 5.82 Å². The van der Waals surface area contributed by atoms with Crippen molar-refractivity contribution in [2.45, 2.75) is 5.92 Å². The van der Waals surface area contributed by atoms with Gasteiger partial charge in [0.1, 0.15) is 11.5 Å². The zero-order valence-corrected chi connectivity index (χ0v) is 7.57. The fraction of sp³-hybridized carbons (Fsp3) is 0.300. The van der Waals surface area contributed by atoms with Crippen molar-refractivity contribution in [3.8, 4) is 0 Å². The van der Waals surface area contributed by atoms with E-state index in [0.717, 1.165) is 24.4 Å². The predicted octanol–water partition coefficient (Wildman–Crippen LogP) is 1.16. The number of nitrogens with one attached hydrogen (secondary N) is 1. The molecule has 14 heavy (non-hydrogen) atoms. The highest BCUT2D eigenvalue weighted by atomic mass is 19.1. The third-order valence-electron chi connectivity index (χ3n) is 2.63. The molecule has 0 aromatic carbocycles. The van der Waals surface area contributed by atoms with Crippen molar-refractivity contribution in [3.05, 3.63) is 36.0 Å². The minimum atomic E-state index is -0.229.